The highest BCUT2D eigenvalue weighted by Crippen LogP contribution is 2.30. The number of hydrogen-bond donors (Lipinski definition) is 1. The zero-order chi connectivity index (χ0) is 15.8. The molecule has 4 nitrogen and oxygen atoms in total. The van der Waals surface area contributed by atoms with Crippen molar-refractivity contribution in [3.8, 4) is 0 Å². The third-order valence-electron chi connectivity index (χ3n) is 3.29. The number of nitrogen functional groups attached to an aromatic ring is 1. The molecule has 2 rings (SSSR count). The van der Waals surface area contributed by atoms with Crippen molar-refractivity contribution in [3.05, 3.63) is 52.5 Å². The van der Waals surface area contributed by atoms with Crippen molar-refractivity contribution in [2.45, 2.75) is 18.7 Å². The average molecular weight is 325 g/mol. The van der Waals surface area contributed by atoms with Crippen molar-refractivity contribution in [3.63, 3.8) is 0 Å². The van der Waals surface area contributed by atoms with Gasteiger partial charge < -0.3 is 5.73 Å². The fraction of sp³-hybridized carbons (Fsp3) is 0.200. The summed E-state index contributed by atoms with van der Waals surface area (Å²) in [6, 6.07) is 10.0. The molecule has 0 heterocycles. The quantitative estimate of drug-likeness (QED) is 0.880. The molecular weight excluding hydrogens is 308 g/mol. The number of anilines is 2. The first kappa shape index (κ1) is 15.7. The fourth-order valence-electron chi connectivity index (χ4n) is 2.15. The maximum atomic E-state index is 12.7. The third-order valence-corrected chi connectivity index (χ3v) is 5.54. The van der Waals surface area contributed by atoms with Crippen LogP contribution in [0.1, 0.15) is 11.1 Å². The van der Waals surface area contributed by atoms with E-state index in [1.807, 2.05) is 26.0 Å². The van der Waals surface area contributed by atoms with Gasteiger partial charge in [-0.2, -0.15) is 0 Å². The van der Waals surface area contributed by atoms with Gasteiger partial charge in [0.15, 0.2) is 0 Å². The van der Waals surface area contributed by atoms with Crippen LogP contribution in [0, 0.1) is 13.8 Å². The van der Waals surface area contributed by atoms with Crippen LogP contribution in [0.2, 0.25) is 5.02 Å². The van der Waals surface area contributed by atoms with Crippen molar-refractivity contribution >= 4 is 33.0 Å². The minimum atomic E-state index is -3.76. The maximum absolute atomic E-state index is 12.7. The van der Waals surface area contributed by atoms with E-state index in [9.17, 15) is 8.42 Å². The molecule has 0 fully saturated rings. The smallest absolute Gasteiger partial charge is 0.265 e. The number of halogens is 1. The van der Waals surface area contributed by atoms with Crippen molar-refractivity contribution in [2.24, 2.45) is 0 Å². The summed E-state index contributed by atoms with van der Waals surface area (Å²) in [5.74, 6) is 0. The normalized spacial score (nSPS) is 11.4. The molecule has 2 aromatic rings. The van der Waals surface area contributed by atoms with Gasteiger partial charge in [0.25, 0.3) is 10.0 Å². The lowest BCUT2D eigenvalue weighted by Crippen LogP contribution is -2.27. The molecule has 2 N–H and O–H groups in total. The van der Waals surface area contributed by atoms with Crippen molar-refractivity contribution < 1.29 is 8.42 Å². The van der Waals surface area contributed by atoms with Crippen LogP contribution in [0.15, 0.2) is 41.3 Å². The number of benzene rings is 2. The van der Waals surface area contributed by atoms with Crippen LogP contribution < -0.4 is 10.0 Å². The van der Waals surface area contributed by atoms with E-state index in [1.165, 1.54) is 23.5 Å². The van der Waals surface area contributed by atoms with E-state index < -0.39 is 10.0 Å². The lowest BCUT2D eigenvalue weighted by atomic mass is 10.1. The van der Waals surface area contributed by atoms with Crippen LogP contribution in [-0.4, -0.2) is 15.5 Å². The van der Waals surface area contributed by atoms with E-state index in [-0.39, 0.29) is 9.92 Å². The van der Waals surface area contributed by atoms with E-state index >= 15 is 0 Å². The Hall–Kier alpha value is -1.72. The van der Waals surface area contributed by atoms with Gasteiger partial charge in [-0.1, -0.05) is 29.3 Å². The molecule has 0 aliphatic heterocycles. The summed E-state index contributed by atoms with van der Waals surface area (Å²) >= 11 is 6.02. The number of aryl methyl sites for hydroxylation is 2. The summed E-state index contributed by atoms with van der Waals surface area (Å²) in [6.07, 6.45) is 0. The Balaban J connectivity index is 2.55. The van der Waals surface area contributed by atoms with Crippen molar-refractivity contribution in [2.75, 3.05) is 17.1 Å². The number of rotatable bonds is 3. The van der Waals surface area contributed by atoms with Gasteiger partial charge in [-0.25, -0.2) is 8.42 Å². The molecule has 112 valence electrons. The summed E-state index contributed by atoms with van der Waals surface area (Å²) < 4.78 is 26.7. The molecule has 0 aliphatic rings. The Bertz CT molecular complexity index is 788. The summed E-state index contributed by atoms with van der Waals surface area (Å²) in [7, 11) is -2.25. The lowest BCUT2D eigenvalue weighted by Gasteiger charge is -2.22. The van der Waals surface area contributed by atoms with Gasteiger partial charge in [-0.05, 0) is 43.7 Å². The highest BCUT2D eigenvalue weighted by Gasteiger charge is 2.25. The van der Waals surface area contributed by atoms with Crippen LogP contribution in [0.3, 0.4) is 0 Å². The second-order valence-corrected chi connectivity index (χ2v) is 7.30. The first-order valence-corrected chi connectivity index (χ1v) is 8.16. The van der Waals surface area contributed by atoms with Crippen LogP contribution in [0.4, 0.5) is 11.4 Å². The maximum Gasteiger partial charge on any atom is 0.265 e. The largest absolute Gasteiger partial charge is 0.399 e. The first-order chi connectivity index (χ1) is 9.73. The SMILES string of the molecule is Cc1ccc(N(C)S(=O)(=O)c2cc(N)ccc2Cl)c(C)c1. The molecule has 0 saturated carbocycles. The molecule has 0 radical (unpaired) electrons. The fourth-order valence-corrected chi connectivity index (χ4v) is 3.92. The molecule has 0 amide bonds. The third kappa shape index (κ3) is 2.99. The van der Waals surface area contributed by atoms with E-state index in [0.29, 0.717) is 11.4 Å². The Kier molecular flexibility index (Phi) is 4.16. The molecule has 6 heteroatoms. The topological polar surface area (TPSA) is 63.4 Å². The highest BCUT2D eigenvalue weighted by molar-refractivity contribution is 7.93. The lowest BCUT2D eigenvalue weighted by molar-refractivity contribution is 0.594. The van der Waals surface area contributed by atoms with E-state index in [4.69, 9.17) is 17.3 Å². The minimum absolute atomic E-state index is 0.00615. The Labute approximate surface area is 130 Å². The summed E-state index contributed by atoms with van der Waals surface area (Å²) in [5, 5.41) is 0.154. The Morgan fingerprint density at radius 1 is 1.10 bits per heavy atom. The molecule has 0 unspecified atom stereocenters. The van der Waals surface area contributed by atoms with Crippen LogP contribution in [-0.2, 0) is 10.0 Å². The molecule has 0 atom stereocenters. The molecule has 0 bridgehead atoms. The number of nitrogens with two attached hydrogens (primary N) is 1. The molecular formula is C15H17ClN2O2S. The monoisotopic (exact) mass is 324 g/mol. The van der Waals surface area contributed by atoms with Gasteiger partial charge >= 0.3 is 0 Å². The first-order valence-electron chi connectivity index (χ1n) is 6.34. The van der Waals surface area contributed by atoms with E-state index in [0.717, 1.165) is 11.1 Å². The van der Waals surface area contributed by atoms with Gasteiger partial charge in [-0.3, -0.25) is 4.31 Å². The molecule has 0 aliphatic carbocycles. The molecule has 0 aromatic heterocycles. The zero-order valence-corrected chi connectivity index (χ0v) is 13.7. The Morgan fingerprint density at radius 2 is 1.76 bits per heavy atom. The molecule has 2 aromatic carbocycles. The van der Waals surface area contributed by atoms with Crippen LogP contribution in [0.25, 0.3) is 0 Å². The van der Waals surface area contributed by atoms with Gasteiger partial charge in [0.2, 0.25) is 0 Å². The zero-order valence-electron chi connectivity index (χ0n) is 12.1. The summed E-state index contributed by atoms with van der Waals surface area (Å²) in [6.45, 7) is 3.83. The van der Waals surface area contributed by atoms with Crippen molar-refractivity contribution in [1.29, 1.82) is 0 Å². The van der Waals surface area contributed by atoms with Crippen molar-refractivity contribution in [1.82, 2.24) is 0 Å². The highest BCUT2D eigenvalue weighted by atomic mass is 35.5. The number of sulfonamides is 1. The predicted molar refractivity (Wildman–Crippen MR) is 87.4 cm³/mol. The molecule has 0 saturated heterocycles. The van der Waals surface area contributed by atoms with Gasteiger partial charge in [-0.15, -0.1) is 0 Å². The second-order valence-electron chi connectivity index (χ2n) is 4.95. The second kappa shape index (κ2) is 5.58. The van der Waals surface area contributed by atoms with Crippen LogP contribution in [0.5, 0.6) is 0 Å². The molecule has 21 heavy (non-hydrogen) atoms. The van der Waals surface area contributed by atoms with Crippen LogP contribution >= 0.6 is 11.6 Å². The average Bonchev–Trinajstić information content (AvgIpc) is 2.40. The number of hydrogen-bond acceptors (Lipinski definition) is 3. The van der Waals surface area contributed by atoms with E-state index in [2.05, 4.69) is 0 Å². The van der Waals surface area contributed by atoms with Gasteiger partial charge in [0.1, 0.15) is 4.90 Å². The van der Waals surface area contributed by atoms with Gasteiger partial charge in [0, 0.05) is 12.7 Å². The predicted octanol–water partition coefficient (Wildman–Crippen LogP) is 3.36. The standard InChI is InChI=1S/C15H17ClN2O2S/c1-10-4-7-14(11(2)8-10)18(3)21(19,20)15-9-12(17)5-6-13(15)16/h4-9H,17H2,1-3H3. The summed E-state index contributed by atoms with van der Waals surface area (Å²) in [5.41, 5.74) is 8.58. The number of nitrogens with zero attached hydrogens (tertiary/aromatic N) is 1. The van der Waals surface area contributed by atoms with E-state index in [1.54, 1.807) is 12.1 Å². The minimum Gasteiger partial charge on any atom is -0.399 e. The van der Waals surface area contributed by atoms with Gasteiger partial charge in [0.05, 0.1) is 10.7 Å². The summed E-state index contributed by atoms with van der Waals surface area (Å²) in [4.78, 5) is 0.00615. The Morgan fingerprint density at radius 3 is 2.38 bits per heavy atom. The molecule has 0 spiro atoms.